The number of carbonyl (C=O) groups excluding carboxylic acids is 1. The van der Waals surface area contributed by atoms with E-state index in [9.17, 15) is 4.79 Å². The largest absolute Gasteiger partial charge is 0.444 e. The molecule has 0 aliphatic carbocycles. The molecular formula is C10H15N3O2S. The fourth-order valence-corrected chi connectivity index (χ4v) is 1.21. The van der Waals surface area contributed by atoms with Crippen LogP contribution in [0.5, 0.6) is 0 Å². The van der Waals surface area contributed by atoms with Crippen molar-refractivity contribution in [1.29, 1.82) is 0 Å². The predicted octanol–water partition coefficient (Wildman–Crippen LogP) is 1.08. The lowest BCUT2D eigenvalue weighted by molar-refractivity contribution is -0.123. The number of hydrogen-bond acceptors (Lipinski definition) is 4. The number of nitrogens with zero attached hydrogens (tertiary/aromatic N) is 1. The lowest BCUT2D eigenvalue weighted by Crippen LogP contribution is -2.37. The highest BCUT2D eigenvalue weighted by Crippen LogP contribution is 2.12. The number of hydrogen-bond donors (Lipinski definition) is 2. The second-order valence-corrected chi connectivity index (χ2v) is 4.13. The van der Waals surface area contributed by atoms with Crippen LogP contribution in [0.1, 0.15) is 31.5 Å². The van der Waals surface area contributed by atoms with Crippen molar-refractivity contribution < 1.29 is 9.21 Å². The molecule has 0 aliphatic rings. The Morgan fingerprint density at radius 2 is 2.25 bits per heavy atom. The fraction of sp³-hybridized carbons (Fsp3) is 0.500. The summed E-state index contributed by atoms with van der Waals surface area (Å²) in [6.45, 7) is 5.24. The third-order valence-corrected chi connectivity index (χ3v) is 2.54. The molecule has 0 aliphatic heterocycles. The summed E-state index contributed by atoms with van der Waals surface area (Å²) >= 11 is 4.75. The van der Waals surface area contributed by atoms with Crippen LogP contribution in [0.2, 0.25) is 0 Å². The van der Waals surface area contributed by atoms with Crippen LogP contribution in [0, 0.1) is 12.8 Å². The van der Waals surface area contributed by atoms with E-state index in [2.05, 4.69) is 10.3 Å². The van der Waals surface area contributed by atoms with Gasteiger partial charge in [0.2, 0.25) is 11.8 Å². The zero-order valence-electron chi connectivity index (χ0n) is 9.48. The highest BCUT2D eigenvalue weighted by molar-refractivity contribution is 7.80. The molecule has 0 fully saturated rings. The number of oxazole rings is 1. The smallest absolute Gasteiger partial charge is 0.230 e. The molecule has 16 heavy (non-hydrogen) atoms. The summed E-state index contributed by atoms with van der Waals surface area (Å²) in [6.07, 6.45) is 1.61. The van der Waals surface area contributed by atoms with Crippen molar-refractivity contribution in [2.45, 2.75) is 26.8 Å². The summed E-state index contributed by atoms with van der Waals surface area (Å²) < 4.78 is 5.30. The fourth-order valence-electron chi connectivity index (χ4n) is 1.10. The monoisotopic (exact) mass is 241 g/mol. The van der Waals surface area contributed by atoms with Gasteiger partial charge < -0.3 is 15.5 Å². The Morgan fingerprint density at radius 1 is 1.62 bits per heavy atom. The van der Waals surface area contributed by atoms with Gasteiger partial charge in [0.15, 0.2) is 0 Å². The lowest BCUT2D eigenvalue weighted by atomic mass is 10.1. The van der Waals surface area contributed by atoms with Gasteiger partial charge in [-0.2, -0.15) is 0 Å². The number of nitrogens with two attached hydrogens (primary N) is 1. The van der Waals surface area contributed by atoms with E-state index < -0.39 is 5.92 Å². The Hall–Kier alpha value is -1.43. The van der Waals surface area contributed by atoms with Crippen LogP contribution in [0.4, 0.5) is 0 Å². The standard InChI is InChI=1S/C10H15N3O2S/c1-5-4-12-10(15-5)7(3)13-9(14)6(2)8(11)16/h4,6-7H,1-3H3,(H2,11,16)(H,13,14). The first-order valence-electron chi connectivity index (χ1n) is 4.94. The van der Waals surface area contributed by atoms with Gasteiger partial charge in [0.05, 0.1) is 17.1 Å². The first-order chi connectivity index (χ1) is 7.41. The van der Waals surface area contributed by atoms with Crippen molar-refractivity contribution in [2.24, 2.45) is 11.7 Å². The van der Waals surface area contributed by atoms with E-state index in [1.165, 1.54) is 0 Å². The molecule has 0 spiro atoms. The van der Waals surface area contributed by atoms with Crippen molar-refractivity contribution in [3.63, 3.8) is 0 Å². The van der Waals surface area contributed by atoms with Gasteiger partial charge in [-0.15, -0.1) is 0 Å². The number of aryl methyl sites for hydroxylation is 1. The van der Waals surface area contributed by atoms with Crippen LogP contribution in [0.15, 0.2) is 10.6 Å². The maximum absolute atomic E-state index is 11.6. The molecule has 2 atom stereocenters. The molecule has 6 heteroatoms. The van der Waals surface area contributed by atoms with Crippen molar-refractivity contribution in [3.8, 4) is 0 Å². The van der Waals surface area contributed by atoms with Gasteiger partial charge in [-0.05, 0) is 20.8 Å². The van der Waals surface area contributed by atoms with Gasteiger partial charge in [-0.3, -0.25) is 4.79 Å². The number of thiocarbonyl (C=S) groups is 1. The molecule has 0 aromatic carbocycles. The maximum atomic E-state index is 11.6. The molecule has 1 aromatic heterocycles. The molecule has 1 aromatic rings. The SMILES string of the molecule is Cc1cnc(C(C)NC(=O)C(C)C(N)=S)o1. The summed E-state index contributed by atoms with van der Waals surface area (Å²) in [6, 6.07) is -0.294. The van der Waals surface area contributed by atoms with E-state index >= 15 is 0 Å². The summed E-state index contributed by atoms with van der Waals surface area (Å²) in [4.78, 5) is 15.8. The Kier molecular flexibility index (Phi) is 4.00. The van der Waals surface area contributed by atoms with Crippen molar-refractivity contribution >= 4 is 23.1 Å². The quantitative estimate of drug-likeness (QED) is 0.771. The van der Waals surface area contributed by atoms with Crippen LogP contribution >= 0.6 is 12.2 Å². The number of aromatic nitrogens is 1. The van der Waals surface area contributed by atoms with Crippen LogP contribution < -0.4 is 11.1 Å². The lowest BCUT2D eigenvalue weighted by Gasteiger charge is -2.14. The molecule has 1 heterocycles. The number of nitrogens with one attached hydrogen (secondary N) is 1. The summed E-state index contributed by atoms with van der Waals surface area (Å²) in [5.41, 5.74) is 5.39. The second kappa shape index (κ2) is 5.07. The molecule has 88 valence electrons. The Morgan fingerprint density at radius 3 is 2.69 bits per heavy atom. The summed E-state index contributed by atoms with van der Waals surface area (Å²) in [5, 5.41) is 2.73. The van der Waals surface area contributed by atoms with Crippen molar-refractivity contribution in [3.05, 3.63) is 17.8 Å². The second-order valence-electron chi connectivity index (χ2n) is 3.66. The molecule has 1 rings (SSSR count). The molecule has 2 unspecified atom stereocenters. The number of rotatable bonds is 4. The third-order valence-electron chi connectivity index (χ3n) is 2.19. The minimum absolute atomic E-state index is 0.174. The molecule has 0 saturated carbocycles. The molecule has 0 radical (unpaired) electrons. The first kappa shape index (κ1) is 12.6. The van der Waals surface area contributed by atoms with Crippen LogP contribution in [0.25, 0.3) is 0 Å². The van der Waals surface area contributed by atoms with Gasteiger partial charge in [0, 0.05) is 0 Å². The van der Waals surface area contributed by atoms with E-state index in [0.29, 0.717) is 11.7 Å². The molecule has 0 bridgehead atoms. The molecular weight excluding hydrogens is 226 g/mol. The Bertz CT molecular complexity index is 403. The van der Waals surface area contributed by atoms with Gasteiger partial charge in [-0.1, -0.05) is 12.2 Å². The number of amides is 1. The molecule has 0 saturated heterocycles. The zero-order chi connectivity index (χ0) is 12.3. The van der Waals surface area contributed by atoms with Crippen molar-refractivity contribution in [2.75, 3.05) is 0 Å². The Balaban J connectivity index is 2.61. The van der Waals surface area contributed by atoms with Gasteiger partial charge in [-0.25, -0.2) is 4.98 Å². The highest BCUT2D eigenvalue weighted by atomic mass is 32.1. The molecule has 3 N–H and O–H groups in total. The normalized spacial score (nSPS) is 14.2. The van der Waals surface area contributed by atoms with Gasteiger partial charge in [0.25, 0.3) is 0 Å². The molecule has 1 amide bonds. The van der Waals surface area contributed by atoms with Crippen LogP contribution in [-0.2, 0) is 4.79 Å². The van der Waals surface area contributed by atoms with Crippen LogP contribution in [-0.4, -0.2) is 15.9 Å². The minimum Gasteiger partial charge on any atom is -0.444 e. The predicted molar refractivity (Wildman–Crippen MR) is 63.7 cm³/mol. The summed E-state index contributed by atoms with van der Waals surface area (Å²) in [5.74, 6) is 0.462. The minimum atomic E-state index is -0.492. The average molecular weight is 241 g/mol. The Labute approximate surface area is 99.4 Å². The van der Waals surface area contributed by atoms with E-state index in [1.807, 2.05) is 0 Å². The van der Waals surface area contributed by atoms with E-state index in [-0.39, 0.29) is 16.9 Å². The van der Waals surface area contributed by atoms with E-state index in [0.717, 1.165) is 0 Å². The van der Waals surface area contributed by atoms with E-state index in [1.54, 1.807) is 27.0 Å². The average Bonchev–Trinajstić information content (AvgIpc) is 2.63. The first-order valence-corrected chi connectivity index (χ1v) is 5.34. The number of carbonyl (C=O) groups is 1. The van der Waals surface area contributed by atoms with E-state index in [4.69, 9.17) is 22.4 Å². The zero-order valence-corrected chi connectivity index (χ0v) is 10.3. The highest BCUT2D eigenvalue weighted by Gasteiger charge is 2.20. The van der Waals surface area contributed by atoms with Gasteiger partial charge in [0.1, 0.15) is 11.8 Å². The third kappa shape index (κ3) is 3.03. The molecule has 5 nitrogen and oxygen atoms in total. The van der Waals surface area contributed by atoms with Gasteiger partial charge >= 0.3 is 0 Å². The topological polar surface area (TPSA) is 81.2 Å². The maximum Gasteiger partial charge on any atom is 0.230 e. The van der Waals surface area contributed by atoms with Crippen molar-refractivity contribution in [1.82, 2.24) is 10.3 Å². The van der Waals surface area contributed by atoms with Crippen LogP contribution in [0.3, 0.4) is 0 Å². The summed E-state index contributed by atoms with van der Waals surface area (Å²) in [7, 11) is 0.